The van der Waals surface area contributed by atoms with Gasteiger partial charge >= 0.3 is 5.97 Å². The van der Waals surface area contributed by atoms with Gasteiger partial charge in [0.1, 0.15) is 65.5 Å². The van der Waals surface area contributed by atoms with Gasteiger partial charge in [0.05, 0.1) is 17.7 Å². The second-order valence-corrected chi connectivity index (χ2v) is 9.96. The molecule has 40 heavy (non-hydrogen) atoms. The van der Waals surface area contributed by atoms with Crippen LogP contribution in [0.1, 0.15) is 47.4 Å². The molecule has 2 aromatic carbocycles. The molecule has 1 saturated heterocycles. The summed E-state index contributed by atoms with van der Waals surface area (Å²) in [5, 5.41) is 21.5. The summed E-state index contributed by atoms with van der Waals surface area (Å²) in [5.74, 6) is -2.05. The molecule has 0 bridgehead atoms. The van der Waals surface area contributed by atoms with E-state index in [9.17, 15) is 28.6 Å². The maximum Gasteiger partial charge on any atom is 0.302 e. The van der Waals surface area contributed by atoms with Crippen LogP contribution in [0, 0.1) is 18.6 Å². The largest absolute Gasteiger partial charge is 0.493 e. The molecular formula is C27H29F2N3O8. The van der Waals surface area contributed by atoms with Crippen molar-refractivity contribution in [3.05, 3.63) is 52.9 Å². The Morgan fingerprint density at radius 1 is 1.18 bits per heavy atom. The number of aromatic nitrogens is 2. The number of hydrogen-bond acceptors (Lipinski definition) is 9. The third-order valence-corrected chi connectivity index (χ3v) is 6.91. The predicted molar refractivity (Wildman–Crippen MR) is 135 cm³/mol. The minimum Gasteiger partial charge on any atom is -0.493 e. The number of halogens is 2. The molecule has 0 spiro atoms. The molecule has 13 heteroatoms. The van der Waals surface area contributed by atoms with Gasteiger partial charge in [0, 0.05) is 45.1 Å². The summed E-state index contributed by atoms with van der Waals surface area (Å²) in [7, 11) is 3.17. The smallest absolute Gasteiger partial charge is 0.302 e. The molecule has 11 nitrogen and oxygen atoms in total. The normalized spacial score (nSPS) is 23.9. The van der Waals surface area contributed by atoms with Gasteiger partial charge in [0.2, 0.25) is 0 Å². The number of aliphatic hydroxyl groups is 2. The van der Waals surface area contributed by atoms with Crippen LogP contribution in [0.25, 0.3) is 11.0 Å². The lowest BCUT2D eigenvalue weighted by molar-refractivity contribution is -0.147. The van der Waals surface area contributed by atoms with Crippen LogP contribution in [-0.2, 0) is 14.3 Å². The number of aliphatic hydroxyl groups excluding tert-OH is 2. The number of amides is 1. The Labute approximate surface area is 227 Å². The number of hydrogen-bond donors (Lipinski definition) is 2. The molecule has 2 unspecified atom stereocenters. The SMILES string of the molecule is CC(=O)OC[C@H]1OC(n2c(C)nc3cc(C(=O)N(C)C)cc(OC4CCOc5cc(F)cc(F)c54)c32)[C@H](O)[C@H]1O. The van der Waals surface area contributed by atoms with Crippen molar-refractivity contribution in [2.75, 3.05) is 27.3 Å². The Morgan fingerprint density at radius 3 is 2.62 bits per heavy atom. The van der Waals surface area contributed by atoms with Crippen molar-refractivity contribution < 1.29 is 47.5 Å². The van der Waals surface area contributed by atoms with Crippen molar-refractivity contribution in [3.63, 3.8) is 0 Å². The number of imidazole rings is 1. The van der Waals surface area contributed by atoms with Gasteiger partial charge in [0.15, 0.2) is 6.23 Å². The zero-order valence-electron chi connectivity index (χ0n) is 22.3. The van der Waals surface area contributed by atoms with E-state index in [0.717, 1.165) is 12.1 Å². The van der Waals surface area contributed by atoms with Crippen LogP contribution in [-0.4, -0.2) is 82.2 Å². The van der Waals surface area contributed by atoms with E-state index in [2.05, 4.69) is 4.98 Å². The number of carbonyl (C=O) groups excluding carboxylic acids is 2. The molecule has 0 saturated carbocycles. The highest BCUT2D eigenvalue weighted by atomic mass is 19.1. The van der Waals surface area contributed by atoms with E-state index < -0.39 is 48.2 Å². The average Bonchev–Trinajstić information content (AvgIpc) is 3.36. The zero-order chi connectivity index (χ0) is 28.9. The molecule has 2 N–H and O–H groups in total. The van der Waals surface area contributed by atoms with E-state index in [0.29, 0.717) is 16.9 Å². The maximum absolute atomic E-state index is 14.9. The number of benzene rings is 2. The number of aryl methyl sites for hydroxylation is 1. The Balaban J connectivity index is 1.62. The van der Waals surface area contributed by atoms with Gasteiger partial charge in [-0.1, -0.05) is 0 Å². The third-order valence-electron chi connectivity index (χ3n) is 6.91. The summed E-state index contributed by atoms with van der Waals surface area (Å²) >= 11 is 0. The summed E-state index contributed by atoms with van der Waals surface area (Å²) in [5.41, 5.74) is 0.903. The number of nitrogens with zero attached hydrogens (tertiary/aromatic N) is 3. The highest BCUT2D eigenvalue weighted by molar-refractivity contribution is 5.99. The summed E-state index contributed by atoms with van der Waals surface area (Å²) < 4.78 is 53.0. The first-order valence-electron chi connectivity index (χ1n) is 12.6. The van der Waals surface area contributed by atoms with Crippen LogP contribution in [0.2, 0.25) is 0 Å². The van der Waals surface area contributed by atoms with Crippen LogP contribution in [0.5, 0.6) is 11.5 Å². The minimum absolute atomic E-state index is 0.0150. The molecule has 5 atom stereocenters. The third kappa shape index (κ3) is 4.95. The first-order valence-corrected chi connectivity index (χ1v) is 12.6. The van der Waals surface area contributed by atoms with Crippen LogP contribution in [0.15, 0.2) is 24.3 Å². The predicted octanol–water partition coefficient (Wildman–Crippen LogP) is 2.41. The van der Waals surface area contributed by atoms with Crippen LogP contribution in [0.3, 0.4) is 0 Å². The first-order chi connectivity index (χ1) is 19.0. The summed E-state index contributed by atoms with van der Waals surface area (Å²) in [6, 6.07) is 4.85. The fourth-order valence-electron chi connectivity index (χ4n) is 5.06. The topological polar surface area (TPSA) is 133 Å². The quantitative estimate of drug-likeness (QED) is 0.436. The second kappa shape index (κ2) is 10.6. The Kier molecular flexibility index (Phi) is 7.38. The fourth-order valence-corrected chi connectivity index (χ4v) is 5.06. The molecule has 2 aliphatic heterocycles. The maximum atomic E-state index is 14.9. The molecule has 3 heterocycles. The van der Waals surface area contributed by atoms with E-state index in [1.54, 1.807) is 27.1 Å². The van der Waals surface area contributed by atoms with Gasteiger partial charge in [-0.3, -0.25) is 14.2 Å². The molecule has 214 valence electrons. The molecule has 1 aromatic heterocycles. The first kappa shape index (κ1) is 27.7. The van der Waals surface area contributed by atoms with E-state index in [4.69, 9.17) is 18.9 Å². The van der Waals surface area contributed by atoms with Crippen molar-refractivity contribution in [1.29, 1.82) is 0 Å². The Morgan fingerprint density at radius 2 is 1.93 bits per heavy atom. The highest BCUT2D eigenvalue weighted by Crippen LogP contribution is 2.42. The van der Waals surface area contributed by atoms with Crippen molar-refractivity contribution in [2.24, 2.45) is 0 Å². The van der Waals surface area contributed by atoms with Gasteiger partial charge in [-0.25, -0.2) is 13.8 Å². The van der Waals surface area contributed by atoms with Gasteiger partial charge in [-0.15, -0.1) is 0 Å². The van der Waals surface area contributed by atoms with Gasteiger partial charge in [-0.2, -0.15) is 0 Å². The zero-order valence-corrected chi connectivity index (χ0v) is 22.3. The molecule has 2 aliphatic rings. The standard InChI is InChI=1S/C27H29F2N3O8/c1-12-30-17-7-14(26(36)31(3)4)8-20(39-18-5-6-37-19-10-15(28)9-16(29)22(18)19)23(17)32(12)27-25(35)24(34)21(40-27)11-38-13(2)33/h7-10,18,21,24-25,27,34-35H,5-6,11H2,1-4H3/t18?,21-,24+,25-,27?/m1/s1. The Hall–Kier alpha value is -3.81. The molecular weight excluding hydrogens is 532 g/mol. The molecule has 3 aromatic rings. The van der Waals surface area contributed by atoms with Gasteiger partial charge in [-0.05, 0) is 19.1 Å². The number of esters is 1. The Bertz CT molecular complexity index is 1480. The number of fused-ring (bicyclic) bond motifs is 2. The molecule has 1 fully saturated rings. The fraction of sp³-hybridized carbons (Fsp3) is 0.444. The lowest BCUT2D eigenvalue weighted by Gasteiger charge is -2.28. The molecule has 0 aliphatic carbocycles. The average molecular weight is 562 g/mol. The summed E-state index contributed by atoms with van der Waals surface area (Å²) in [4.78, 5) is 30.1. The summed E-state index contributed by atoms with van der Waals surface area (Å²) in [6.45, 7) is 2.71. The molecule has 5 rings (SSSR count). The van der Waals surface area contributed by atoms with E-state index in [-0.39, 0.29) is 48.2 Å². The van der Waals surface area contributed by atoms with Crippen LogP contribution < -0.4 is 9.47 Å². The minimum atomic E-state index is -1.43. The monoisotopic (exact) mass is 561 g/mol. The van der Waals surface area contributed by atoms with E-state index in [1.807, 2.05) is 0 Å². The number of ether oxygens (including phenoxy) is 4. The molecule has 1 amide bonds. The lowest BCUT2D eigenvalue weighted by atomic mass is 10.0. The van der Waals surface area contributed by atoms with E-state index in [1.165, 1.54) is 22.5 Å². The van der Waals surface area contributed by atoms with Crippen molar-refractivity contribution >= 4 is 22.9 Å². The number of carbonyl (C=O) groups is 2. The van der Waals surface area contributed by atoms with Gasteiger partial charge < -0.3 is 34.1 Å². The van der Waals surface area contributed by atoms with Crippen molar-refractivity contribution in [3.8, 4) is 11.5 Å². The summed E-state index contributed by atoms with van der Waals surface area (Å²) in [6.07, 6.45) is -5.68. The lowest BCUT2D eigenvalue weighted by Crippen LogP contribution is -2.34. The van der Waals surface area contributed by atoms with Crippen LogP contribution >= 0.6 is 0 Å². The van der Waals surface area contributed by atoms with E-state index >= 15 is 0 Å². The highest BCUT2D eigenvalue weighted by Gasteiger charge is 2.45. The number of rotatable bonds is 6. The van der Waals surface area contributed by atoms with Crippen molar-refractivity contribution in [1.82, 2.24) is 14.5 Å². The van der Waals surface area contributed by atoms with Crippen molar-refractivity contribution in [2.45, 2.75) is 50.9 Å². The van der Waals surface area contributed by atoms with Gasteiger partial charge in [0.25, 0.3) is 5.91 Å². The van der Waals surface area contributed by atoms with Crippen LogP contribution in [0.4, 0.5) is 8.78 Å². The molecule has 0 radical (unpaired) electrons. The second-order valence-electron chi connectivity index (χ2n) is 9.96.